The summed E-state index contributed by atoms with van der Waals surface area (Å²) in [7, 11) is 1.11. The molecule has 0 fully saturated rings. The average molecular weight is 362 g/mol. The number of rotatable bonds is 3. The predicted molar refractivity (Wildman–Crippen MR) is 62.8 cm³/mol. The van der Waals surface area contributed by atoms with Crippen molar-refractivity contribution in [2.24, 2.45) is 0 Å². The van der Waals surface area contributed by atoms with Crippen LogP contribution in [-0.4, -0.2) is 18.1 Å². The quantitative estimate of drug-likeness (QED) is 0.359. The molecule has 0 amide bonds. The first kappa shape index (κ1) is 13.6. The molecular formula is C9H7ClF2INO2. The zero-order chi connectivity index (χ0) is 12.3. The van der Waals surface area contributed by atoms with Crippen LogP contribution >= 0.6 is 34.2 Å². The zero-order valence-corrected chi connectivity index (χ0v) is 11.1. The van der Waals surface area contributed by atoms with E-state index in [0.717, 1.165) is 7.11 Å². The van der Waals surface area contributed by atoms with Crippen LogP contribution in [0.1, 0.15) is 28.0 Å². The molecule has 16 heavy (non-hydrogen) atoms. The molecule has 0 aliphatic carbocycles. The highest BCUT2D eigenvalue weighted by Crippen LogP contribution is 2.28. The number of nitrogens with zero attached hydrogens (tertiary/aromatic N) is 1. The van der Waals surface area contributed by atoms with Gasteiger partial charge in [-0.2, -0.15) is 0 Å². The highest BCUT2D eigenvalue weighted by molar-refractivity contribution is 14.1. The van der Waals surface area contributed by atoms with Gasteiger partial charge in [0.15, 0.2) is 5.69 Å². The lowest BCUT2D eigenvalue weighted by atomic mass is 10.1. The molecule has 3 nitrogen and oxygen atoms in total. The maximum atomic E-state index is 12.8. The molecule has 0 N–H and O–H groups in total. The Hall–Kier alpha value is -0.500. The topological polar surface area (TPSA) is 39.2 Å². The van der Waals surface area contributed by atoms with E-state index >= 15 is 0 Å². The molecule has 0 aliphatic heterocycles. The largest absolute Gasteiger partial charge is 0.464 e. The van der Waals surface area contributed by atoms with Crippen LogP contribution in [0.3, 0.4) is 0 Å². The molecule has 0 aromatic carbocycles. The lowest BCUT2D eigenvalue weighted by Crippen LogP contribution is -2.12. The smallest absolute Gasteiger partial charge is 0.357 e. The second-order valence-corrected chi connectivity index (χ2v) is 4.16. The van der Waals surface area contributed by atoms with E-state index in [1.165, 1.54) is 6.07 Å². The summed E-state index contributed by atoms with van der Waals surface area (Å²) in [5.74, 6) is -0.998. The first-order valence-corrected chi connectivity index (χ1v) is 5.74. The highest BCUT2D eigenvalue weighted by atomic mass is 127. The molecular weight excluding hydrogens is 354 g/mol. The maximum absolute atomic E-state index is 12.8. The Morgan fingerprint density at radius 1 is 1.69 bits per heavy atom. The molecule has 0 spiro atoms. The third-order valence-corrected chi connectivity index (χ3v) is 2.69. The summed E-state index contributed by atoms with van der Waals surface area (Å²) in [6.45, 7) is 0. The van der Waals surface area contributed by atoms with Crippen molar-refractivity contribution in [3.05, 3.63) is 26.6 Å². The molecule has 1 aromatic rings. The second kappa shape index (κ2) is 5.72. The van der Waals surface area contributed by atoms with Gasteiger partial charge in [-0.1, -0.05) is 0 Å². The van der Waals surface area contributed by atoms with E-state index in [4.69, 9.17) is 11.6 Å². The second-order valence-electron chi connectivity index (χ2n) is 2.79. The van der Waals surface area contributed by atoms with Gasteiger partial charge >= 0.3 is 5.97 Å². The Morgan fingerprint density at radius 2 is 2.31 bits per heavy atom. The minimum absolute atomic E-state index is 0.109. The summed E-state index contributed by atoms with van der Waals surface area (Å²) in [5, 5.41) is 0. The number of carbonyl (C=O) groups is 1. The molecule has 0 radical (unpaired) electrons. The Bertz CT molecular complexity index is 415. The molecule has 0 atom stereocenters. The van der Waals surface area contributed by atoms with E-state index in [9.17, 15) is 13.6 Å². The summed E-state index contributed by atoms with van der Waals surface area (Å²) in [6.07, 6.45) is -2.81. The van der Waals surface area contributed by atoms with E-state index in [0.29, 0.717) is 3.70 Å². The van der Waals surface area contributed by atoms with Gasteiger partial charge < -0.3 is 4.74 Å². The SMILES string of the molecule is COC(=O)c1nc(I)cc(CCl)c1C(F)F. The number of pyridine rings is 1. The third kappa shape index (κ3) is 2.79. The van der Waals surface area contributed by atoms with Crippen LogP contribution in [0.25, 0.3) is 0 Å². The molecule has 0 bridgehead atoms. The summed E-state index contributed by atoms with van der Waals surface area (Å²) in [6, 6.07) is 1.42. The van der Waals surface area contributed by atoms with Crippen LogP contribution in [0.15, 0.2) is 6.07 Å². The number of hydrogen-bond acceptors (Lipinski definition) is 3. The maximum Gasteiger partial charge on any atom is 0.357 e. The molecule has 0 saturated carbocycles. The molecule has 1 heterocycles. The van der Waals surface area contributed by atoms with Gasteiger partial charge in [-0.05, 0) is 34.2 Å². The van der Waals surface area contributed by atoms with Gasteiger partial charge in [0, 0.05) is 5.88 Å². The van der Waals surface area contributed by atoms with Crippen molar-refractivity contribution >= 4 is 40.2 Å². The monoisotopic (exact) mass is 361 g/mol. The average Bonchev–Trinajstić information content (AvgIpc) is 2.26. The van der Waals surface area contributed by atoms with Crippen molar-refractivity contribution in [3.8, 4) is 0 Å². The Balaban J connectivity index is 3.44. The normalized spacial score (nSPS) is 10.6. The first-order valence-electron chi connectivity index (χ1n) is 4.13. The van der Waals surface area contributed by atoms with Crippen molar-refractivity contribution in [2.45, 2.75) is 12.3 Å². The molecule has 0 unspecified atom stereocenters. The van der Waals surface area contributed by atoms with Gasteiger partial charge in [-0.25, -0.2) is 18.6 Å². The van der Waals surface area contributed by atoms with Gasteiger partial charge in [-0.3, -0.25) is 0 Å². The summed E-state index contributed by atoms with van der Waals surface area (Å²) in [4.78, 5) is 15.0. The number of alkyl halides is 3. The lowest BCUT2D eigenvalue weighted by molar-refractivity contribution is 0.0581. The van der Waals surface area contributed by atoms with Crippen molar-refractivity contribution in [3.63, 3.8) is 0 Å². The summed E-state index contributed by atoms with van der Waals surface area (Å²) < 4.78 is 30.4. The number of ether oxygens (including phenoxy) is 1. The van der Waals surface area contributed by atoms with Crippen LogP contribution in [-0.2, 0) is 10.6 Å². The first-order chi connectivity index (χ1) is 7.51. The Labute approximate surface area is 109 Å². The molecule has 88 valence electrons. The van der Waals surface area contributed by atoms with E-state index in [2.05, 4.69) is 9.72 Å². The fourth-order valence-corrected chi connectivity index (χ4v) is 2.02. The van der Waals surface area contributed by atoms with E-state index in [1.54, 1.807) is 0 Å². The van der Waals surface area contributed by atoms with E-state index in [-0.39, 0.29) is 17.1 Å². The van der Waals surface area contributed by atoms with Crippen molar-refractivity contribution < 1.29 is 18.3 Å². The lowest BCUT2D eigenvalue weighted by Gasteiger charge is -2.11. The highest BCUT2D eigenvalue weighted by Gasteiger charge is 2.24. The summed E-state index contributed by atoms with van der Waals surface area (Å²) in [5.41, 5.74) is -0.640. The predicted octanol–water partition coefficient (Wildman–Crippen LogP) is 3.15. The number of aromatic nitrogens is 1. The van der Waals surface area contributed by atoms with E-state index < -0.39 is 18.0 Å². The minimum atomic E-state index is -2.81. The van der Waals surface area contributed by atoms with E-state index in [1.807, 2.05) is 22.6 Å². The van der Waals surface area contributed by atoms with Gasteiger partial charge in [0.2, 0.25) is 0 Å². The van der Waals surface area contributed by atoms with Crippen LogP contribution in [0.5, 0.6) is 0 Å². The Kier molecular flexibility index (Phi) is 4.85. The number of esters is 1. The molecule has 0 saturated heterocycles. The standard InChI is InChI=1S/C9H7ClF2INO2/c1-16-9(15)7-6(8(11)12)4(3-10)2-5(13)14-7/h2,8H,3H2,1H3. The molecule has 1 aromatic heterocycles. The van der Waals surface area contributed by atoms with Crippen molar-refractivity contribution in [2.75, 3.05) is 7.11 Å². The number of hydrogen-bond donors (Lipinski definition) is 0. The van der Waals surface area contributed by atoms with Crippen LogP contribution in [0.2, 0.25) is 0 Å². The van der Waals surface area contributed by atoms with Gasteiger partial charge in [0.05, 0.1) is 12.7 Å². The van der Waals surface area contributed by atoms with Crippen molar-refractivity contribution in [1.29, 1.82) is 0 Å². The summed E-state index contributed by atoms with van der Waals surface area (Å²) >= 11 is 7.37. The van der Waals surface area contributed by atoms with Crippen molar-refractivity contribution in [1.82, 2.24) is 4.98 Å². The van der Waals surface area contributed by atoms with Crippen LogP contribution in [0.4, 0.5) is 8.78 Å². The van der Waals surface area contributed by atoms with Crippen LogP contribution < -0.4 is 0 Å². The van der Waals surface area contributed by atoms with Gasteiger partial charge in [0.25, 0.3) is 6.43 Å². The fourth-order valence-electron chi connectivity index (χ4n) is 1.18. The third-order valence-electron chi connectivity index (χ3n) is 1.85. The van der Waals surface area contributed by atoms with Gasteiger partial charge in [0.1, 0.15) is 3.70 Å². The zero-order valence-electron chi connectivity index (χ0n) is 8.14. The molecule has 7 heteroatoms. The number of carbonyl (C=O) groups excluding carboxylic acids is 1. The number of methoxy groups -OCH3 is 1. The number of halogens is 4. The Morgan fingerprint density at radius 3 is 2.75 bits per heavy atom. The molecule has 1 rings (SSSR count). The minimum Gasteiger partial charge on any atom is -0.464 e. The molecule has 0 aliphatic rings. The van der Waals surface area contributed by atoms with Gasteiger partial charge in [-0.15, -0.1) is 11.6 Å². The fraction of sp³-hybridized carbons (Fsp3) is 0.333. The van der Waals surface area contributed by atoms with Crippen LogP contribution in [0, 0.1) is 3.70 Å².